The van der Waals surface area contributed by atoms with Crippen molar-refractivity contribution < 1.29 is 19.1 Å². The molecule has 0 spiro atoms. The summed E-state index contributed by atoms with van der Waals surface area (Å²) in [5.41, 5.74) is 0.954. The van der Waals surface area contributed by atoms with E-state index in [1.807, 2.05) is 20.8 Å². The molecule has 0 bridgehead atoms. The molecule has 14 heteroatoms. The van der Waals surface area contributed by atoms with Gasteiger partial charge in [-0.05, 0) is 46.5 Å². The molecule has 0 radical (unpaired) electrons. The molecule has 2 fully saturated rings. The van der Waals surface area contributed by atoms with Gasteiger partial charge in [-0.1, -0.05) is 23.2 Å². The van der Waals surface area contributed by atoms with Gasteiger partial charge in [0.25, 0.3) is 0 Å². The Bertz CT molecular complexity index is 1570. The quantitative estimate of drug-likeness (QED) is 0.253. The van der Waals surface area contributed by atoms with Crippen molar-refractivity contribution in [1.29, 1.82) is 0 Å². The standard InChI is InChI=1S/C15H17ClN4O3.C10H9ClN4O/c1-15(2,3)23-14(22)19(10-4-5-10)12-6-11(16)18-13-9(8-21)7-17-20(12)13;11-8-3-9(13-7-1-2-7)15-10(14-8)6(5-16)4-12-15/h6-8,10H,4-5H2,1-3H3;3-5,7,13H,1-2H2. The van der Waals surface area contributed by atoms with Crippen LogP contribution in [-0.2, 0) is 4.74 Å². The molecule has 0 aromatic carbocycles. The van der Waals surface area contributed by atoms with E-state index in [4.69, 9.17) is 27.9 Å². The SMILES string of the molecule is CC(C)(C)OC(=O)N(c1cc(Cl)nc2c(C=O)cnn12)C1CC1.O=Cc1cnn2c(NC3CC3)cc(Cl)nc12. The molecule has 12 nitrogen and oxygen atoms in total. The Morgan fingerprint density at radius 3 is 2.08 bits per heavy atom. The highest BCUT2D eigenvalue weighted by Gasteiger charge is 2.38. The van der Waals surface area contributed by atoms with Crippen LogP contribution in [0.4, 0.5) is 16.4 Å². The fraction of sp³-hybridized carbons (Fsp3) is 0.400. The smallest absolute Gasteiger partial charge is 0.416 e. The maximum absolute atomic E-state index is 12.6. The predicted octanol–water partition coefficient (Wildman–Crippen LogP) is 4.87. The van der Waals surface area contributed by atoms with Gasteiger partial charge < -0.3 is 10.1 Å². The third kappa shape index (κ3) is 5.96. The van der Waals surface area contributed by atoms with Gasteiger partial charge in [0.2, 0.25) is 0 Å². The number of aromatic nitrogens is 6. The van der Waals surface area contributed by atoms with Crippen molar-refractivity contribution in [2.24, 2.45) is 0 Å². The topological polar surface area (TPSA) is 136 Å². The second-order valence-corrected chi connectivity index (χ2v) is 11.1. The number of nitrogens with zero attached hydrogens (tertiary/aromatic N) is 7. The van der Waals surface area contributed by atoms with E-state index in [0.717, 1.165) is 37.8 Å². The molecule has 0 unspecified atom stereocenters. The number of nitrogens with one attached hydrogen (secondary N) is 1. The highest BCUT2D eigenvalue weighted by atomic mass is 35.5. The molecule has 4 aromatic rings. The van der Waals surface area contributed by atoms with Gasteiger partial charge in [-0.25, -0.2) is 14.8 Å². The van der Waals surface area contributed by atoms with Crippen molar-refractivity contribution in [2.45, 2.75) is 64.1 Å². The Morgan fingerprint density at radius 1 is 0.974 bits per heavy atom. The lowest BCUT2D eigenvalue weighted by Crippen LogP contribution is -2.39. The first-order valence-corrected chi connectivity index (χ1v) is 13.1. The maximum Gasteiger partial charge on any atom is 0.416 e. The molecule has 2 saturated carbocycles. The van der Waals surface area contributed by atoms with Crippen LogP contribution in [0.25, 0.3) is 11.3 Å². The number of hydrogen-bond acceptors (Lipinski definition) is 9. The van der Waals surface area contributed by atoms with Gasteiger partial charge in [-0.15, -0.1) is 0 Å². The number of fused-ring (bicyclic) bond motifs is 2. The summed E-state index contributed by atoms with van der Waals surface area (Å²) in [5, 5.41) is 12.1. The summed E-state index contributed by atoms with van der Waals surface area (Å²) < 4.78 is 8.54. The number of rotatable bonds is 6. The molecular formula is C25H26Cl2N8O4. The second-order valence-electron chi connectivity index (χ2n) is 10.3. The number of hydrogen-bond donors (Lipinski definition) is 1. The highest BCUT2D eigenvalue weighted by molar-refractivity contribution is 6.30. The molecule has 0 atom stereocenters. The van der Waals surface area contributed by atoms with Crippen molar-refractivity contribution in [3.63, 3.8) is 0 Å². The zero-order valence-corrected chi connectivity index (χ0v) is 23.0. The van der Waals surface area contributed by atoms with E-state index >= 15 is 0 Å². The third-order valence-corrected chi connectivity index (χ3v) is 6.24. The predicted molar refractivity (Wildman–Crippen MR) is 145 cm³/mol. The fourth-order valence-corrected chi connectivity index (χ4v) is 4.20. The Morgan fingerprint density at radius 2 is 1.54 bits per heavy atom. The Balaban J connectivity index is 0.000000168. The normalized spacial score (nSPS) is 15.0. The average Bonchev–Trinajstić information content (AvgIpc) is 3.78. The summed E-state index contributed by atoms with van der Waals surface area (Å²) in [5.74, 6) is 1.23. The lowest BCUT2D eigenvalue weighted by Gasteiger charge is -2.27. The van der Waals surface area contributed by atoms with Crippen LogP contribution in [0.1, 0.15) is 67.2 Å². The largest absolute Gasteiger partial charge is 0.443 e. The minimum atomic E-state index is -0.613. The maximum atomic E-state index is 12.6. The second kappa shape index (κ2) is 10.4. The minimum Gasteiger partial charge on any atom is -0.443 e. The summed E-state index contributed by atoms with van der Waals surface area (Å²) in [4.78, 5) is 44.2. The van der Waals surface area contributed by atoms with Gasteiger partial charge in [-0.2, -0.15) is 19.2 Å². The highest BCUT2D eigenvalue weighted by Crippen LogP contribution is 2.34. The van der Waals surface area contributed by atoms with Gasteiger partial charge in [-0.3, -0.25) is 14.5 Å². The van der Waals surface area contributed by atoms with Gasteiger partial charge in [0.15, 0.2) is 23.9 Å². The van der Waals surface area contributed by atoms with Crippen LogP contribution in [0.5, 0.6) is 0 Å². The van der Waals surface area contributed by atoms with Gasteiger partial charge in [0, 0.05) is 24.2 Å². The number of ether oxygens (including phenoxy) is 1. The number of aldehydes is 2. The summed E-state index contributed by atoms with van der Waals surface area (Å²) >= 11 is 12.0. The molecule has 204 valence electrons. The molecule has 4 aromatic heterocycles. The first kappa shape index (κ1) is 26.8. The molecule has 4 heterocycles. The fourth-order valence-electron chi connectivity index (χ4n) is 3.84. The molecule has 2 aliphatic carbocycles. The van der Waals surface area contributed by atoms with Crippen LogP contribution in [0.15, 0.2) is 24.5 Å². The minimum absolute atomic E-state index is 0.0374. The summed E-state index contributed by atoms with van der Waals surface area (Å²) in [6, 6.07) is 3.80. The van der Waals surface area contributed by atoms with Crippen molar-refractivity contribution in [3.8, 4) is 0 Å². The van der Waals surface area contributed by atoms with Crippen molar-refractivity contribution in [3.05, 3.63) is 46.0 Å². The van der Waals surface area contributed by atoms with E-state index in [2.05, 4.69) is 25.5 Å². The van der Waals surface area contributed by atoms with Gasteiger partial charge >= 0.3 is 6.09 Å². The molecule has 1 N–H and O–H groups in total. The van der Waals surface area contributed by atoms with Crippen LogP contribution in [0, 0.1) is 0 Å². The van der Waals surface area contributed by atoms with Crippen LogP contribution in [0.3, 0.4) is 0 Å². The number of halogens is 2. The number of amides is 1. The number of carbonyl (C=O) groups is 3. The van der Waals surface area contributed by atoms with E-state index in [1.165, 1.54) is 21.8 Å². The monoisotopic (exact) mass is 572 g/mol. The molecule has 0 aliphatic heterocycles. The summed E-state index contributed by atoms with van der Waals surface area (Å²) in [7, 11) is 0. The first-order chi connectivity index (χ1) is 18.6. The summed E-state index contributed by atoms with van der Waals surface area (Å²) in [6.45, 7) is 5.43. The third-order valence-electron chi connectivity index (χ3n) is 5.85. The van der Waals surface area contributed by atoms with Crippen molar-refractivity contribution in [1.82, 2.24) is 29.2 Å². The molecule has 0 saturated heterocycles. The van der Waals surface area contributed by atoms with Crippen LogP contribution in [-0.4, -0.2) is 65.5 Å². The van der Waals surface area contributed by atoms with E-state index in [0.29, 0.717) is 45.7 Å². The van der Waals surface area contributed by atoms with Crippen molar-refractivity contribution >= 4 is 64.8 Å². The van der Waals surface area contributed by atoms with Crippen LogP contribution < -0.4 is 10.2 Å². The first-order valence-electron chi connectivity index (χ1n) is 12.4. The summed E-state index contributed by atoms with van der Waals surface area (Å²) in [6.07, 6.45) is 7.87. The van der Waals surface area contributed by atoms with E-state index in [-0.39, 0.29) is 11.2 Å². The van der Waals surface area contributed by atoms with E-state index in [9.17, 15) is 14.4 Å². The molecular weight excluding hydrogens is 547 g/mol. The van der Waals surface area contributed by atoms with E-state index in [1.54, 1.807) is 16.6 Å². The average molecular weight is 573 g/mol. The Hall–Kier alpha value is -3.77. The molecule has 2 aliphatic rings. The molecule has 6 rings (SSSR count). The molecule has 1 amide bonds. The zero-order valence-electron chi connectivity index (χ0n) is 21.5. The number of anilines is 2. The van der Waals surface area contributed by atoms with Crippen molar-refractivity contribution in [2.75, 3.05) is 10.2 Å². The van der Waals surface area contributed by atoms with E-state index < -0.39 is 11.7 Å². The van der Waals surface area contributed by atoms with Gasteiger partial charge in [0.1, 0.15) is 27.5 Å². The lowest BCUT2D eigenvalue weighted by molar-refractivity contribution is 0.0575. The van der Waals surface area contributed by atoms with Crippen LogP contribution >= 0.6 is 23.2 Å². The molecule has 39 heavy (non-hydrogen) atoms. The Kier molecular flexibility index (Phi) is 7.17. The lowest BCUT2D eigenvalue weighted by atomic mass is 10.2. The van der Waals surface area contributed by atoms with Crippen LogP contribution in [0.2, 0.25) is 10.3 Å². The van der Waals surface area contributed by atoms with Gasteiger partial charge in [0.05, 0.1) is 23.5 Å². The number of carbonyl (C=O) groups excluding carboxylic acids is 3. The Labute approximate surface area is 233 Å². The zero-order chi connectivity index (χ0) is 27.9.